The van der Waals surface area contributed by atoms with E-state index in [1.165, 1.54) is 6.20 Å². The van der Waals surface area contributed by atoms with Gasteiger partial charge in [0.1, 0.15) is 0 Å². The lowest BCUT2D eigenvalue weighted by Gasteiger charge is -1.98. The lowest BCUT2D eigenvalue weighted by Crippen LogP contribution is -2.23. The highest BCUT2D eigenvalue weighted by Crippen LogP contribution is 2.04. The highest BCUT2D eigenvalue weighted by molar-refractivity contribution is 6.37. The van der Waals surface area contributed by atoms with Gasteiger partial charge >= 0.3 is 11.9 Å². The molecule has 0 saturated heterocycles. The molecule has 0 radical (unpaired) electrons. The van der Waals surface area contributed by atoms with Crippen molar-refractivity contribution in [3.8, 4) is 0 Å². The average Bonchev–Trinajstić information content (AvgIpc) is 2.64. The summed E-state index contributed by atoms with van der Waals surface area (Å²) in [5, 5.41) is 6.27. The van der Waals surface area contributed by atoms with E-state index in [0.717, 1.165) is 7.11 Å². The number of nitrogens with one attached hydrogen (secondary N) is 1. The molecule has 0 aliphatic heterocycles. The zero-order chi connectivity index (χ0) is 10.6. The topological polar surface area (TPSA) is 73.2 Å². The molecule has 0 aromatic carbocycles. The number of ether oxygens (including phenoxy) is 1. The van der Waals surface area contributed by atoms with Gasteiger partial charge in [0.05, 0.1) is 19.0 Å². The third-order valence-corrected chi connectivity index (χ3v) is 1.59. The van der Waals surface area contributed by atoms with Gasteiger partial charge in [-0.3, -0.25) is 9.48 Å². The molecule has 0 fully saturated rings. The van der Waals surface area contributed by atoms with E-state index in [1.807, 2.05) is 6.92 Å². The van der Waals surface area contributed by atoms with Crippen molar-refractivity contribution >= 4 is 17.6 Å². The summed E-state index contributed by atoms with van der Waals surface area (Å²) in [6.45, 7) is 2.62. The van der Waals surface area contributed by atoms with E-state index in [-0.39, 0.29) is 0 Å². The van der Waals surface area contributed by atoms with Gasteiger partial charge in [0.15, 0.2) is 0 Å². The number of aryl methyl sites for hydroxylation is 1. The van der Waals surface area contributed by atoms with Crippen LogP contribution in [0.15, 0.2) is 12.4 Å². The van der Waals surface area contributed by atoms with E-state index in [1.54, 1.807) is 10.9 Å². The van der Waals surface area contributed by atoms with Crippen LogP contribution in [-0.2, 0) is 20.9 Å². The number of hydrogen-bond donors (Lipinski definition) is 1. The van der Waals surface area contributed by atoms with Gasteiger partial charge in [0, 0.05) is 12.7 Å². The van der Waals surface area contributed by atoms with Crippen molar-refractivity contribution < 1.29 is 14.3 Å². The quantitative estimate of drug-likeness (QED) is 0.535. The molecule has 1 aromatic rings. The molecule has 0 bridgehead atoms. The molecule has 6 heteroatoms. The summed E-state index contributed by atoms with van der Waals surface area (Å²) in [4.78, 5) is 21.7. The first-order valence-electron chi connectivity index (χ1n) is 4.09. The third-order valence-electron chi connectivity index (χ3n) is 1.59. The Morgan fingerprint density at radius 1 is 1.64 bits per heavy atom. The fraction of sp³-hybridized carbons (Fsp3) is 0.375. The van der Waals surface area contributed by atoms with Crippen LogP contribution in [-0.4, -0.2) is 28.8 Å². The zero-order valence-electron chi connectivity index (χ0n) is 7.98. The maximum atomic E-state index is 11.0. The Hall–Kier alpha value is -1.85. The molecule has 0 saturated carbocycles. The van der Waals surface area contributed by atoms with E-state index in [2.05, 4.69) is 15.2 Å². The van der Waals surface area contributed by atoms with Gasteiger partial charge in [-0.25, -0.2) is 4.79 Å². The second-order valence-electron chi connectivity index (χ2n) is 2.53. The van der Waals surface area contributed by atoms with Gasteiger partial charge in [-0.15, -0.1) is 0 Å². The van der Waals surface area contributed by atoms with Crippen molar-refractivity contribution in [3.63, 3.8) is 0 Å². The lowest BCUT2D eigenvalue weighted by molar-refractivity contribution is -0.150. The largest absolute Gasteiger partial charge is 0.462 e. The second-order valence-corrected chi connectivity index (χ2v) is 2.53. The standard InChI is InChI=1S/C8H11N3O3/c1-3-11-5-6(4-9-11)10-7(12)8(13)14-2/h4-5H,3H2,1-2H3,(H,10,12). The van der Waals surface area contributed by atoms with Crippen LogP contribution >= 0.6 is 0 Å². The number of carbonyl (C=O) groups excluding carboxylic acids is 2. The van der Waals surface area contributed by atoms with Gasteiger partial charge < -0.3 is 10.1 Å². The van der Waals surface area contributed by atoms with Crippen LogP contribution in [0, 0.1) is 0 Å². The zero-order valence-corrected chi connectivity index (χ0v) is 7.98. The van der Waals surface area contributed by atoms with E-state index in [4.69, 9.17) is 0 Å². The molecule has 1 rings (SSSR count). The van der Waals surface area contributed by atoms with Crippen LogP contribution in [0.4, 0.5) is 5.69 Å². The molecule has 6 nitrogen and oxygen atoms in total. The molecule has 0 aliphatic carbocycles. The van der Waals surface area contributed by atoms with Crippen molar-refractivity contribution in [2.45, 2.75) is 13.5 Å². The number of hydrogen-bond acceptors (Lipinski definition) is 4. The summed E-state index contributed by atoms with van der Waals surface area (Å²) in [5.41, 5.74) is 0.474. The number of rotatable bonds is 2. The maximum Gasteiger partial charge on any atom is 0.396 e. The molecule has 14 heavy (non-hydrogen) atoms. The molecule has 0 atom stereocenters. The van der Waals surface area contributed by atoms with Gasteiger partial charge in [0.25, 0.3) is 0 Å². The molecule has 0 unspecified atom stereocenters. The van der Waals surface area contributed by atoms with Crippen molar-refractivity contribution in [2.75, 3.05) is 12.4 Å². The van der Waals surface area contributed by atoms with Crippen LogP contribution in [0.5, 0.6) is 0 Å². The summed E-state index contributed by atoms with van der Waals surface area (Å²) in [6.07, 6.45) is 3.09. The first-order valence-corrected chi connectivity index (χ1v) is 4.09. The minimum absolute atomic E-state index is 0.474. The monoisotopic (exact) mass is 197 g/mol. The summed E-state index contributed by atoms with van der Waals surface area (Å²) < 4.78 is 5.87. The van der Waals surface area contributed by atoms with Crippen LogP contribution in [0.25, 0.3) is 0 Å². The number of amides is 1. The van der Waals surface area contributed by atoms with E-state index in [0.29, 0.717) is 12.2 Å². The summed E-state index contributed by atoms with van der Waals surface area (Å²) in [5.74, 6) is -1.72. The second kappa shape index (κ2) is 4.40. The number of esters is 1. The Morgan fingerprint density at radius 2 is 2.36 bits per heavy atom. The van der Waals surface area contributed by atoms with E-state index >= 15 is 0 Å². The number of nitrogens with zero attached hydrogens (tertiary/aromatic N) is 2. The van der Waals surface area contributed by atoms with Crippen molar-refractivity contribution in [3.05, 3.63) is 12.4 Å². The number of carbonyl (C=O) groups is 2. The molecular weight excluding hydrogens is 186 g/mol. The summed E-state index contributed by atoms with van der Waals surface area (Å²) in [7, 11) is 1.15. The predicted molar refractivity (Wildman–Crippen MR) is 48.5 cm³/mol. The van der Waals surface area contributed by atoms with Crippen LogP contribution in [0.1, 0.15) is 6.92 Å². The Labute approximate surface area is 80.8 Å². The van der Waals surface area contributed by atoms with Gasteiger partial charge in [-0.05, 0) is 6.92 Å². The fourth-order valence-corrected chi connectivity index (χ4v) is 0.876. The molecule has 1 amide bonds. The van der Waals surface area contributed by atoms with E-state index < -0.39 is 11.9 Å². The van der Waals surface area contributed by atoms with Gasteiger partial charge in [0.2, 0.25) is 0 Å². The van der Waals surface area contributed by atoms with Crippen molar-refractivity contribution in [1.82, 2.24) is 9.78 Å². The Balaban J connectivity index is 2.60. The minimum Gasteiger partial charge on any atom is -0.462 e. The van der Waals surface area contributed by atoms with Gasteiger partial charge in [-0.1, -0.05) is 0 Å². The van der Waals surface area contributed by atoms with Crippen molar-refractivity contribution in [2.24, 2.45) is 0 Å². The summed E-state index contributed by atoms with van der Waals surface area (Å²) >= 11 is 0. The Kier molecular flexibility index (Phi) is 3.22. The van der Waals surface area contributed by atoms with Crippen LogP contribution in [0.2, 0.25) is 0 Å². The molecule has 1 N–H and O–H groups in total. The van der Waals surface area contributed by atoms with Crippen molar-refractivity contribution in [1.29, 1.82) is 0 Å². The molecular formula is C8H11N3O3. The lowest BCUT2D eigenvalue weighted by atomic mass is 10.5. The highest BCUT2D eigenvalue weighted by Gasteiger charge is 2.14. The molecule has 0 spiro atoms. The van der Waals surface area contributed by atoms with Crippen LogP contribution < -0.4 is 5.32 Å². The van der Waals surface area contributed by atoms with Gasteiger partial charge in [-0.2, -0.15) is 5.10 Å². The average molecular weight is 197 g/mol. The van der Waals surface area contributed by atoms with E-state index in [9.17, 15) is 9.59 Å². The molecule has 0 aliphatic rings. The number of aromatic nitrogens is 2. The fourth-order valence-electron chi connectivity index (χ4n) is 0.876. The first-order chi connectivity index (χ1) is 6.67. The highest BCUT2D eigenvalue weighted by atomic mass is 16.5. The molecule has 1 aromatic heterocycles. The Bertz CT molecular complexity index is 345. The SMILES string of the molecule is CCn1cc(NC(=O)C(=O)OC)cn1. The first kappa shape index (κ1) is 10.2. The molecule has 1 heterocycles. The normalized spacial score (nSPS) is 9.57. The Morgan fingerprint density at radius 3 is 2.86 bits per heavy atom. The maximum absolute atomic E-state index is 11.0. The van der Waals surface area contributed by atoms with Crippen LogP contribution in [0.3, 0.4) is 0 Å². The number of methoxy groups -OCH3 is 1. The predicted octanol–water partition coefficient (Wildman–Crippen LogP) is 0.0145. The summed E-state index contributed by atoms with van der Waals surface area (Å²) in [6, 6.07) is 0. The third kappa shape index (κ3) is 2.32. The minimum atomic E-state index is -0.922. The number of anilines is 1. The molecule has 76 valence electrons. The smallest absolute Gasteiger partial charge is 0.396 e.